The Bertz CT molecular complexity index is 542. The predicted molar refractivity (Wildman–Crippen MR) is 73.1 cm³/mol. The normalized spacial score (nSPS) is 10.8. The molecule has 0 radical (unpaired) electrons. The number of nitrogens with one attached hydrogen (secondary N) is 1. The van der Waals surface area contributed by atoms with Gasteiger partial charge in [-0.25, -0.2) is 4.79 Å². The van der Waals surface area contributed by atoms with Crippen LogP contribution in [0.3, 0.4) is 0 Å². The second-order valence-electron chi connectivity index (χ2n) is 4.70. The maximum atomic E-state index is 11.4. The molecular formula is C11H12Cl2N2O5. The first-order valence-corrected chi connectivity index (χ1v) is 6.15. The van der Waals surface area contributed by atoms with E-state index < -0.39 is 16.6 Å². The van der Waals surface area contributed by atoms with E-state index >= 15 is 0 Å². The van der Waals surface area contributed by atoms with Gasteiger partial charge >= 0.3 is 6.09 Å². The van der Waals surface area contributed by atoms with Crippen molar-refractivity contribution in [3.63, 3.8) is 0 Å². The van der Waals surface area contributed by atoms with E-state index in [2.05, 4.69) is 0 Å². The molecular weight excluding hydrogens is 311 g/mol. The summed E-state index contributed by atoms with van der Waals surface area (Å²) in [6, 6.07) is 2.15. The third-order valence-electron chi connectivity index (χ3n) is 1.84. The fraction of sp³-hybridized carbons (Fsp3) is 0.364. The number of ether oxygens (including phenoxy) is 1. The molecule has 1 aromatic carbocycles. The minimum atomic E-state index is -0.831. The smallest absolute Gasteiger partial charge is 0.441 e. The van der Waals surface area contributed by atoms with Crippen LogP contribution in [0, 0.1) is 10.1 Å². The van der Waals surface area contributed by atoms with Gasteiger partial charge in [0, 0.05) is 12.1 Å². The molecule has 0 bridgehead atoms. The van der Waals surface area contributed by atoms with E-state index in [4.69, 9.17) is 32.8 Å². The number of carbonyl (C=O) groups is 1. The van der Waals surface area contributed by atoms with Crippen LogP contribution in [0.4, 0.5) is 10.5 Å². The summed E-state index contributed by atoms with van der Waals surface area (Å²) in [7, 11) is 0. The lowest BCUT2D eigenvalue weighted by atomic mass is 10.2. The summed E-state index contributed by atoms with van der Waals surface area (Å²) in [5.41, 5.74) is 0.948. The molecule has 1 aromatic rings. The van der Waals surface area contributed by atoms with Gasteiger partial charge in [-0.3, -0.25) is 10.1 Å². The first-order chi connectivity index (χ1) is 9.10. The van der Waals surface area contributed by atoms with Crippen molar-refractivity contribution in [2.24, 2.45) is 0 Å². The zero-order chi connectivity index (χ0) is 15.5. The molecule has 0 unspecified atom stereocenters. The van der Waals surface area contributed by atoms with Crippen LogP contribution in [0.2, 0.25) is 10.0 Å². The topological polar surface area (TPSA) is 90.7 Å². The molecule has 110 valence electrons. The van der Waals surface area contributed by atoms with Crippen LogP contribution in [0.5, 0.6) is 5.75 Å². The quantitative estimate of drug-likeness (QED) is 0.676. The number of carbonyl (C=O) groups excluding carboxylic acids is 1. The number of nitro benzene ring substituents is 1. The maximum absolute atomic E-state index is 11.4. The monoisotopic (exact) mass is 322 g/mol. The van der Waals surface area contributed by atoms with E-state index in [1.54, 1.807) is 20.8 Å². The van der Waals surface area contributed by atoms with Crippen LogP contribution in [-0.2, 0) is 4.74 Å². The van der Waals surface area contributed by atoms with Crippen molar-refractivity contribution < 1.29 is 19.3 Å². The molecule has 0 aliphatic heterocycles. The van der Waals surface area contributed by atoms with Crippen LogP contribution < -0.4 is 10.3 Å². The average Bonchev–Trinajstić information content (AvgIpc) is 2.27. The van der Waals surface area contributed by atoms with Gasteiger partial charge in [0.25, 0.3) is 5.69 Å². The highest BCUT2D eigenvalue weighted by Gasteiger charge is 2.19. The van der Waals surface area contributed by atoms with E-state index in [9.17, 15) is 14.9 Å². The summed E-state index contributed by atoms with van der Waals surface area (Å²) in [4.78, 5) is 26.2. The van der Waals surface area contributed by atoms with Crippen molar-refractivity contribution in [2.45, 2.75) is 26.4 Å². The average molecular weight is 323 g/mol. The van der Waals surface area contributed by atoms with Gasteiger partial charge in [0.05, 0.1) is 9.95 Å². The third kappa shape index (κ3) is 4.75. The van der Waals surface area contributed by atoms with Crippen LogP contribution in [0.1, 0.15) is 20.8 Å². The maximum Gasteiger partial charge on any atom is 0.441 e. The number of hydroxylamine groups is 1. The molecule has 0 spiro atoms. The van der Waals surface area contributed by atoms with Gasteiger partial charge in [-0.15, -0.1) is 0 Å². The second-order valence-corrected chi connectivity index (χ2v) is 5.51. The highest BCUT2D eigenvalue weighted by molar-refractivity contribution is 6.35. The SMILES string of the molecule is CC(C)(C)OC(=O)NOc1cc(Cl)c([N+](=O)[O-])cc1Cl. The largest absolute Gasteiger partial charge is 0.442 e. The van der Waals surface area contributed by atoms with Crippen LogP contribution in [-0.4, -0.2) is 16.6 Å². The lowest BCUT2D eigenvalue weighted by Gasteiger charge is -2.19. The summed E-state index contributed by atoms with van der Waals surface area (Å²) in [6.07, 6.45) is -0.831. The zero-order valence-corrected chi connectivity index (χ0v) is 12.4. The van der Waals surface area contributed by atoms with Gasteiger partial charge in [0.1, 0.15) is 10.6 Å². The number of nitrogens with zero attached hydrogens (tertiary/aromatic N) is 1. The van der Waals surface area contributed by atoms with Gasteiger partial charge in [-0.1, -0.05) is 23.2 Å². The fourth-order valence-electron chi connectivity index (χ4n) is 1.13. The third-order valence-corrected chi connectivity index (χ3v) is 2.44. The van der Waals surface area contributed by atoms with E-state index in [0.717, 1.165) is 12.1 Å². The molecule has 0 saturated heterocycles. The number of amides is 1. The number of hydrogen-bond donors (Lipinski definition) is 1. The second kappa shape index (κ2) is 6.15. The first-order valence-electron chi connectivity index (χ1n) is 5.39. The predicted octanol–water partition coefficient (Wildman–Crippen LogP) is 3.72. The lowest BCUT2D eigenvalue weighted by molar-refractivity contribution is -0.384. The molecule has 1 N–H and O–H groups in total. The number of nitro groups is 1. The summed E-state index contributed by atoms with van der Waals surface area (Å²) in [5.74, 6) is -0.0341. The van der Waals surface area contributed by atoms with Crippen LogP contribution in [0.25, 0.3) is 0 Å². The number of rotatable bonds is 3. The summed E-state index contributed by atoms with van der Waals surface area (Å²) in [6.45, 7) is 5.05. The lowest BCUT2D eigenvalue weighted by Crippen LogP contribution is -2.34. The molecule has 1 rings (SSSR count). The van der Waals surface area contributed by atoms with Gasteiger partial charge < -0.3 is 9.57 Å². The van der Waals surface area contributed by atoms with E-state index in [1.807, 2.05) is 5.48 Å². The number of hydrogen-bond acceptors (Lipinski definition) is 5. The number of benzene rings is 1. The molecule has 0 saturated carbocycles. The fourth-order valence-corrected chi connectivity index (χ4v) is 1.55. The van der Waals surface area contributed by atoms with Gasteiger partial charge in [-0.2, -0.15) is 5.48 Å². The van der Waals surface area contributed by atoms with Gasteiger partial charge in [0.2, 0.25) is 0 Å². The molecule has 0 aliphatic rings. The molecule has 0 aromatic heterocycles. The summed E-state index contributed by atoms with van der Waals surface area (Å²) < 4.78 is 4.93. The van der Waals surface area contributed by atoms with Gasteiger partial charge in [0.15, 0.2) is 5.75 Å². The Morgan fingerprint density at radius 3 is 2.40 bits per heavy atom. The van der Waals surface area contributed by atoms with Crippen molar-refractivity contribution in [2.75, 3.05) is 0 Å². The molecule has 7 nitrogen and oxygen atoms in total. The zero-order valence-electron chi connectivity index (χ0n) is 10.9. The highest BCUT2D eigenvalue weighted by Crippen LogP contribution is 2.35. The molecule has 0 fully saturated rings. The van der Waals surface area contributed by atoms with Crippen molar-refractivity contribution in [3.05, 3.63) is 32.3 Å². The Balaban J connectivity index is 2.77. The molecule has 9 heteroatoms. The van der Waals surface area contributed by atoms with Crippen molar-refractivity contribution in [3.8, 4) is 5.75 Å². The minimum absolute atomic E-state index is 0.0341. The molecule has 0 atom stereocenters. The van der Waals surface area contributed by atoms with Crippen LogP contribution >= 0.6 is 23.2 Å². The van der Waals surface area contributed by atoms with Crippen molar-refractivity contribution >= 4 is 35.0 Å². The molecule has 0 aliphatic carbocycles. The van der Waals surface area contributed by atoms with E-state index in [-0.39, 0.29) is 21.5 Å². The Hall–Kier alpha value is -1.73. The van der Waals surface area contributed by atoms with E-state index in [0.29, 0.717) is 0 Å². The first kappa shape index (κ1) is 16.3. The standard InChI is InChI=1S/C11H12Cl2N2O5/c1-11(2,3)19-10(16)14-20-9-5-6(12)8(15(17)18)4-7(9)13/h4-5H,1-3H3,(H,14,16). The molecule has 0 heterocycles. The number of halogens is 2. The summed E-state index contributed by atoms with van der Waals surface area (Å²) >= 11 is 11.5. The summed E-state index contributed by atoms with van der Waals surface area (Å²) in [5, 5.41) is 10.4. The van der Waals surface area contributed by atoms with Gasteiger partial charge in [-0.05, 0) is 20.8 Å². The molecule has 20 heavy (non-hydrogen) atoms. The van der Waals surface area contributed by atoms with Crippen molar-refractivity contribution in [1.29, 1.82) is 0 Å². The Kier molecular flexibility index (Phi) is 5.02. The van der Waals surface area contributed by atoms with Crippen LogP contribution in [0.15, 0.2) is 12.1 Å². The van der Waals surface area contributed by atoms with E-state index in [1.165, 1.54) is 0 Å². The minimum Gasteiger partial charge on any atom is -0.442 e. The Labute approximate surface area is 124 Å². The highest BCUT2D eigenvalue weighted by atomic mass is 35.5. The van der Waals surface area contributed by atoms with Crippen molar-refractivity contribution in [1.82, 2.24) is 5.48 Å². The Morgan fingerprint density at radius 1 is 1.30 bits per heavy atom. The Morgan fingerprint density at radius 2 is 1.90 bits per heavy atom. The molecule has 1 amide bonds.